The number of sulfone groups is 1. The second-order valence-corrected chi connectivity index (χ2v) is 15.2. The molecule has 4 heterocycles. The zero-order chi connectivity index (χ0) is 40.6. The summed E-state index contributed by atoms with van der Waals surface area (Å²) >= 11 is 0. The van der Waals surface area contributed by atoms with E-state index in [-0.39, 0.29) is 34.7 Å². The summed E-state index contributed by atoms with van der Waals surface area (Å²) in [5.41, 5.74) is -1.35. The molecule has 0 radical (unpaired) electrons. The van der Waals surface area contributed by atoms with Gasteiger partial charge in [-0.15, -0.1) is 4.98 Å². The first-order valence-corrected chi connectivity index (χ1v) is 18.2. The maximum absolute atomic E-state index is 13.9. The topological polar surface area (TPSA) is 171 Å². The number of benzene rings is 2. The van der Waals surface area contributed by atoms with Crippen LogP contribution in [0.3, 0.4) is 0 Å². The van der Waals surface area contributed by atoms with Crippen LogP contribution in [-0.4, -0.2) is 55.5 Å². The highest BCUT2D eigenvalue weighted by molar-refractivity contribution is 7.90. The highest BCUT2D eigenvalue weighted by Gasteiger charge is 2.24. The Morgan fingerprint density at radius 1 is 0.836 bits per heavy atom. The maximum Gasteiger partial charge on any atom is 0.347 e. The van der Waals surface area contributed by atoms with Gasteiger partial charge in [-0.3, -0.25) is 19.5 Å². The van der Waals surface area contributed by atoms with Gasteiger partial charge in [0.15, 0.2) is 28.9 Å². The van der Waals surface area contributed by atoms with Crippen LogP contribution in [-0.2, 0) is 31.0 Å². The minimum atomic E-state index is -3.65. The third kappa shape index (κ3) is 9.23. The lowest BCUT2D eigenvalue weighted by molar-refractivity contribution is -0.636. The van der Waals surface area contributed by atoms with Crippen LogP contribution in [0.1, 0.15) is 27.2 Å². The van der Waals surface area contributed by atoms with Crippen LogP contribution < -0.4 is 30.5 Å². The van der Waals surface area contributed by atoms with E-state index in [1.807, 2.05) is 6.92 Å². The number of anilines is 1. The minimum Gasteiger partial charge on any atom is -0.448 e. The van der Waals surface area contributed by atoms with Crippen molar-refractivity contribution in [2.24, 2.45) is 21.1 Å². The number of aliphatic hydroxyl groups is 1. The third-order valence-corrected chi connectivity index (χ3v) is 8.83. The zero-order valence-electron chi connectivity index (χ0n) is 30.6. The molecule has 0 spiro atoms. The number of pyridine rings is 2. The highest BCUT2D eigenvalue weighted by atomic mass is 32.2. The van der Waals surface area contributed by atoms with Gasteiger partial charge in [0.05, 0.1) is 31.1 Å². The van der Waals surface area contributed by atoms with Gasteiger partial charge in [-0.2, -0.15) is 4.98 Å². The number of nitrogens with one attached hydrogen (secondary N) is 1. The molecule has 1 atom stereocenters. The summed E-state index contributed by atoms with van der Waals surface area (Å²) in [4.78, 5) is 37.2. The van der Waals surface area contributed by atoms with Crippen molar-refractivity contribution in [1.82, 2.24) is 24.1 Å². The normalized spacial score (nSPS) is 12.3. The Bertz CT molecular complexity index is 2680. The smallest absolute Gasteiger partial charge is 0.347 e. The molecule has 0 aliphatic carbocycles. The van der Waals surface area contributed by atoms with Gasteiger partial charge in [-0.25, -0.2) is 40.1 Å². The molecular weight excluding hydrogens is 750 g/mol. The summed E-state index contributed by atoms with van der Waals surface area (Å²) in [7, 11) is 1.04. The molecule has 290 valence electrons. The average molecular weight is 787 g/mol. The van der Waals surface area contributed by atoms with E-state index in [4.69, 9.17) is 9.47 Å². The van der Waals surface area contributed by atoms with Gasteiger partial charge in [-0.1, -0.05) is 0 Å². The molecule has 0 aliphatic heterocycles. The number of aryl methyl sites for hydroxylation is 3. The number of hydrogen-bond acceptors (Lipinski definition) is 11. The molecule has 0 amide bonds. The minimum absolute atomic E-state index is 0.0674. The summed E-state index contributed by atoms with van der Waals surface area (Å²) in [6.45, 7) is 5.39. The first-order chi connectivity index (χ1) is 25.6. The van der Waals surface area contributed by atoms with E-state index in [2.05, 4.69) is 20.3 Å². The summed E-state index contributed by atoms with van der Waals surface area (Å²) in [5, 5.41) is 13.7. The molecule has 0 saturated heterocycles. The molecule has 0 fully saturated rings. The Morgan fingerprint density at radius 3 is 1.85 bits per heavy atom. The van der Waals surface area contributed by atoms with Gasteiger partial charge in [-0.05, 0) is 51.1 Å². The van der Waals surface area contributed by atoms with E-state index < -0.39 is 55.0 Å². The lowest BCUT2D eigenvalue weighted by atomic mass is 10.0. The average Bonchev–Trinajstić information content (AvgIpc) is 3.08. The molecule has 55 heavy (non-hydrogen) atoms. The summed E-state index contributed by atoms with van der Waals surface area (Å²) in [6, 6.07) is 8.20. The number of aromatic nitrogens is 6. The van der Waals surface area contributed by atoms with Crippen molar-refractivity contribution in [3.63, 3.8) is 0 Å². The third-order valence-electron chi connectivity index (χ3n) is 7.97. The van der Waals surface area contributed by atoms with Crippen LogP contribution in [0, 0.1) is 23.3 Å². The summed E-state index contributed by atoms with van der Waals surface area (Å²) in [5.74, 6) is -3.78. The largest absolute Gasteiger partial charge is 0.448 e. The predicted octanol–water partition coefficient (Wildman–Crippen LogP) is 4.59. The molecule has 0 saturated carbocycles. The first-order valence-electron chi connectivity index (χ1n) is 16.3. The monoisotopic (exact) mass is 786 g/mol. The molecule has 2 aromatic carbocycles. The Morgan fingerprint density at radius 2 is 1.35 bits per heavy atom. The second-order valence-electron chi connectivity index (χ2n) is 13.3. The lowest BCUT2D eigenvalue weighted by Crippen LogP contribution is -2.41. The van der Waals surface area contributed by atoms with Crippen molar-refractivity contribution in [3.05, 3.63) is 105 Å². The Hall–Kier alpha value is -5.95. The summed E-state index contributed by atoms with van der Waals surface area (Å²) < 4.78 is 91.6. The molecule has 14 nitrogen and oxygen atoms in total. The second kappa shape index (κ2) is 15.4. The number of rotatable bonds is 9. The first kappa shape index (κ1) is 40.2. The van der Waals surface area contributed by atoms with Crippen molar-refractivity contribution in [2.75, 3.05) is 11.6 Å². The maximum atomic E-state index is 13.9. The quantitative estimate of drug-likeness (QED) is 0.119. The number of halogens is 4. The molecule has 0 aliphatic rings. The highest BCUT2D eigenvalue weighted by Crippen LogP contribution is 2.26. The van der Waals surface area contributed by atoms with Crippen LogP contribution in [0.5, 0.6) is 23.0 Å². The van der Waals surface area contributed by atoms with Crippen LogP contribution in [0.15, 0.2) is 75.7 Å². The predicted molar refractivity (Wildman–Crippen MR) is 193 cm³/mol. The van der Waals surface area contributed by atoms with E-state index in [0.717, 1.165) is 35.1 Å². The van der Waals surface area contributed by atoms with Gasteiger partial charge in [0.1, 0.15) is 23.5 Å². The Labute approximate surface area is 311 Å². The SMILES string of the molecule is CC(CC(C)(C)O)Nc1ncc2cc(Oc3ccc(F)cc3F)c(=O)n(C)c2[n+]1C.Cn1c(=O)c(Oc2ccc(F)cc2F)cc2cnc(S(C)(=O)=O)nc21. The van der Waals surface area contributed by atoms with Crippen molar-refractivity contribution >= 4 is 37.9 Å². The van der Waals surface area contributed by atoms with Gasteiger partial charge < -0.3 is 14.6 Å². The number of nitrogens with zero attached hydrogens (tertiary/aromatic N) is 6. The standard InChI is InChI=1S/C21H24F2N4O3.C15H11F2N3O4S/c1-12(10-21(2,3)29)25-20-24-11-13-8-17(19(28)26(4)18(13)27(20)5)30-16-7-6-14(22)9-15(16)23;1-20-13-8(7-18-15(19-13)25(2,22)23)5-12(14(20)21)24-11-4-3-9(16)6-10(11)17/h6-9,11-12,29H,10H2,1-5H3;3-7H,1-2H3/p+1. The number of fused-ring (bicyclic) bond motifs is 2. The Kier molecular flexibility index (Phi) is 11.3. The van der Waals surface area contributed by atoms with E-state index in [1.165, 1.54) is 29.9 Å². The van der Waals surface area contributed by atoms with Crippen molar-refractivity contribution in [2.45, 2.75) is 44.0 Å². The Balaban J connectivity index is 0.000000214. The van der Waals surface area contributed by atoms with E-state index in [0.29, 0.717) is 40.9 Å². The van der Waals surface area contributed by atoms with Crippen molar-refractivity contribution in [1.29, 1.82) is 0 Å². The molecule has 19 heteroatoms. The van der Waals surface area contributed by atoms with E-state index in [9.17, 15) is 40.7 Å². The molecule has 2 N–H and O–H groups in total. The molecule has 4 aromatic heterocycles. The van der Waals surface area contributed by atoms with Crippen LogP contribution in [0.4, 0.5) is 23.5 Å². The molecular formula is C36H36F4N7O7S+. The van der Waals surface area contributed by atoms with Gasteiger partial charge >= 0.3 is 11.5 Å². The molecule has 0 bridgehead atoms. The molecule has 1 unspecified atom stereocenters. The van der Waals surface area contributed by atoms with E-state index in [1.54, 1.807) is 38.7 Å². The summed E-state index contributed by atoms with van der Waals surface area (Å²) in [6.07, 6.45) is 4.23. The van der Waals surface area contributed by atoms with Gasteiger partial charge in [0.2, 0.25) is 26.4 Å². The zero-order valence-corrected chi connectivity index (χ0v) is 31.4. The van der Waals surface area contributed by atoms with Crippen LogP contribution >= 0.6 is 0 Å². The van der Waals surface area contributed by atoms with Crippen molar-refractivity contribution in [3.8, 4) is 23.0 Å². The van der Waals surface area contributed by atoms with Crippen LogP contribution in [0.25, 0.3) is 22.1 Å². The van der Waals surface area contributed by atoms with E-state index >= 15 is 0 Å². The fourth-order valence-corrected chi connectivity index (χ4v) is 6.08. The fraction of sp³-hybridized carbons (Fsp3) is 0.278. The van der Waals surface area contributed by atoms with Gasteiger partial charge in [0, 0.05) is 49.5 Å². The number of hydrogen-bond donors (Lipinski definition) is 2. The number of ether oxygens (including phenoxy) is 2. The molecule has 6 aromatic rings. The fourth-order valence-electron chi connectivity index (χ4n) is 5.59. The van der Waals surface area contributed by atoms with Gasteiger partial charge in [0.25, 0.3) is 5.56 Å². The van der Waals surface area contributed by atoms with Crippen molar-refractivity contribution < 1.29 is 45.1 Å². The lowest BCUT2D eigenvalue weighted by Gasteiger charge is -2.21. The van der Waals surface area contributed by atoms with Crippen LogP contribution in [0.2, 0.25) is 0 Å². The molecule has 6 rings (SSSR count).